The van der Waals surface area contributed by atoms with Crippen LogP contribution in [0.25, 0.3) is 0 Å². The summed E-state index contributed by atoms with van der Waals surface area (Å²) < 4.78 is 10.9. The lowest BCUT2D eigenvalue weighted by molar-refractivity contribution is -0.124. The smallest absolute Gasteiger partial charge is 0.254 e. The quantitative estimate of drug-likeness (QED) is 0.517. The van der Waals surface area contributed by atoms with E-state index >= 15 is 0 Å². The molecule has 0 saturated heterocycles. The molecule has 1 aromatic heterocycles. The van der Waals surface area contributed by atoms with E-state index in [0.29, 0.717) is 29.2 Å². The number of benzene rings is 2. The first-order valence-corrected chi connectivity index (χ1v) is 12.0. The lowest BCUT2D eigenvalue weighted by Crippen LogP contribution is -2.45. The summed E-state index contributed by atoms with van der Waals surface area (Å²) in [5.74, 6) is -0.0865. The average Bonchev–Trinajstić information content (AvgIpc) is 2.89. The van der Waals surface area contributed by atoms with E-state index in [1.165, 1.54) is 14.2 Å². The Morgan fingerprint density at radius 3 is 2.44 bits per heavy atom. The van der Waals surface area contributed by atoms with Crippen molar-refractivity contribution in [1.82, 2.24) is 15.2 Å². The molecule has 0 radical (unpaired) electrons. The van der Waals surface area contributed by atoms with Crippen LogP contribution < -0.4 is 14.8 Å². The summed E-state index contributed by atoms with van der Waals surface area (Å²) in [5, 5.41) is 3.04. The number of fused-ring (bicyclic) bond motifs is 1. The molecule has 1 N–H and O–H groups in total. The van der Waals surface area contributed by atoms with Crippen LogP contribution in [0.3, 0.4) is 0 Å². The van der Waals surface area contributed by atoms with Crippen molar-refractivity contribution in [2.45, 2.75) is 23.4 Å². The Morgan fingerprint density at radius 2 is 1.82 bits per heavy atom. The lowest BCUT2D eigenvalue weighted by Gasteiger charge is -2.40. The second kappa shape index (κ2) is 10.2. The first-order valence-electron chi connectivity index (χ1n) is 10.8. The average molecular weight is 478 g/mol. The van der Waals surface area contributed by atoms with Gasteiger partial charge in [0, 0.05) is 36.4 Å². The van der Waals surface area contributed by atoms with E-state index in [0.717, 1.165) is 16.0 Å². The summed E-state index contributed by atoms with van der Waals surface area (Å²) in [5.41, 5.74) is 2.82. The molecule has 176 valence electrons. The summed E-state index contributed by atoms with van der Waals surface area (Å²) >= 11 is 1.64. The predicted octanol–water partition coefficient (Wildman–Crippen LogP) is 4.05. The molecule has 2 amide bonds. The number of hydrogen-bond donors (Lipinski definition) is 1. The topological polar surface area (TPSA) is 80.8 Å². The minimum atomic E-state index is -0.644. The highest BCUT2D eigenvalue weighted by atomic mass is 32.2. The van der Waals surface area contributed by atoms with Crippen LogP contribution in [0.5, 0.6) is 11.5 Å². The Labute approximate surface area is 203 Å². The molecule has 0 bridgehead atoms. The van der Waals surface area contributed by atoms with Gasteiger partial charge in [0.15, 0.2) is 11.5 Å². The van der Waals surface area contributed by atoms with Gasteiger partial charge in [-0.2, -0.15) is 0 Å². The first-order chi connectivity index (χ1) is 16.5. The Bertz CT molecular complexity index is 1180. The third kappa shape index (κ3) is 4.46. The van der Waals surface area contributed by atoms with Crippen LogP contribution in [0.2, 0.25) is 0 Å². The Hall–Kier alpha value is -3.52. The number of hydrogen-bond acceptors (Lipinski definition) is 6. The van der Waals surface area contributed by atoms with E-state index in [2.05, 4.69) is 10.3 Å². The molecular weight excluding hydrogens is 450 g/mol. The van der Waals surface area contributed by atoms with Gasteiger partial charge < -0.3 is 19.7 Å². The van der Waals surface area contributed by atoms with Gasteiger partial charge in [0.25, 0.3) is 5.91 Å². The van der Waals surface area contributed by atoms with E-state index in [1.54, 1.807) is 48.2 Å². The molecule has 2 atom stereocenters. The van der Waals surface area contributed by atoms with Gasteiger partial charge in [-0.15, -0.1) is 11.8 Å². The Kier molecular flexibility index (Phi) is 7.07. The number of thioether (sulfide) groups is 1. The van der Waals surface area contributed by atoms with Gasteiger partial charge in [-0.1, -0.05) is 18.2 Å². The zero-order chi connectivity index (χ0) is 24.2. The maximum atomic E-state index is 13.7. The molecule has 34 heavy (non-hydrogen) atoms. The van der Waals surface area contributed by atoms with Crippen LogP contribution in [0.4, 0.5) is 0 Å². The zero-order valence-corrected chi connectivity index (χ0v) is 20.4. The molecule has 0 spiro atoms. The van der Waals surface area contributed by atoms with Crippen molar-refractivity contribution in [2.75, 3.05) is 27.5 Å². The molecule has 0 unspecified atom stereocenters. The maximum absolute atomic E-state index is 13.7. The van der Waals surface area contributed by atoms with Crippen molar-refractivity contribution in [2.24, 2.45) is 0 Å². The second-order valence-electron chi connectivity index (χ2n) is 7.99. The first kappa shape index (κ1) is 23.6. The Morgan fingerprint density at radius 1 is 1.12 bits per heavy atom. The van der Waals surface area contributed by atoms with E-state index < -0.39 is 12.0 Å². The molecule has 0 aliphatic carbocycles. The number of carbonyl (C=O) groups excluding carboxylic acids is 2. The number of nitrogens with one attached hydrogen (secondary N) is 1. The number of amides is 2. The number of nitrogens with zero attached hydrogens (tertiary/aromatic N) is 2. The van der Waals surface area contributed by atoms with E-state index in [4.69, 9.17) is 9.47 Å². The van der Waals surface area contributed by atoms with Crippen molar-refractivity contribution in [3.63, 3.8) is 0 Å². The molecule has 4 rings (SSSR count). The highest BCUT2D eigenvalue weighted by Gasteiger charge is 2.43. The van der Waals surface area contributed by atoms with Gasteiger partial charge in [0.05, 0.1) is 26.2 Å². The monoisotopic (exact) mass is 477 g/mol. The normalized spacial score (nSPS) is 17.2. The third-order valence-electron chi connectivity index (χ3n) is 6.10. The number of rotatable bonds is 7. The third-order valence-corrected chi connectivity index (χ3v) is 6.85. The summed E-state index contributed by atoms with van der Waals surface area (Å²) in [4.78, 5) is 34.0. The van der Waals surface area contributed by atoms with E-state index in [-0.39, 0.29) is 11.8 Å². The van der Waals surface area contributed by atoms with Crippen LogP contribution >= 0.6 is 11.8 Å². The van der Waals surface area contributed by atoms with Crippen LogP contribution in [-0.4, -0.2) is 49.2 Å². The Balaban J connectivity index is 1.80. The van der Waals surface area contributed by atoms with E-state index in [1.807, 2.05) is 42.7 Å². The van der Waals surface area contributed by atoms with Gasteiger partial charge in [-0.05, 0) is 53.3 Å². The molecule has 3 aromatic rings. The van der Waals surface area contributed by atoms with Crippen molar-refractivity contribution in [1.29, 1.82) is 0 Å². The molecule has 8 heteroatoms. The highest BCUT2D eigenvalue weighted by molar-refractivity contribution is 7.98. The fraction of sp³-hybridized carbons (Fsp3) is 0.269. The standard InChI is InChI=1S/C26H27N3O4S/c1-29-24(17-7-9-18(34-4)10-8-17)23(25(30)28-15-16-6-5-11-27-14-16)19-12-21(32-2)22(33-3)13-20(19)26(29)31/h5-14,23-24H,15H2,1-4H3,(H,28,30)/t23-,24-/m0/s1. The number of aromatic nitrogens is 1. The van der Waals surface area contributed by atoms with Gasteiger partial charge in [-0.3, -0.25) is 14.6 Å². The van der Waals surface area contributed by atoms with Gasteiger partial charge in [0.1, 0.15) is 0 Å². The van der Waals surface area contributed by atoms with Crippen molar-refractivity contribution < 1.29 is 19.1 Å². The largest absolute Gasteiger partial charge is 0.493 e. The number of carbonyl (C=O) groups is 2. The summed E-state index contributed by atoms with van der Waals surface area (Å²) in [7, 11) is 4.79. The minimum absolute atomic E-state index is 0.175. The molecule has 2 aromatic carbocycles. The number of ether oxygens (including phenoxy) is 2. The predicted molar refractivity (Wildman–Crippen MR) is 131 cm³/mol. The van der Waals surface area contributed by atoms with Gasteiger partial charge in [0.2, 0.25) is 5.91 Å². The highest BCUT2D eigenvalue weighted by Crippen LogP contribution is 2.45. The summed E-state index contributed by atoms with van der Waals surface area (Å²) in [6, 6.07) is 14.6. The summed E-state index contributed by atoms with van der Waals surface area (Å²) in [6.45, 7) is 0.335. The number of likely N-dealkylation sites (N-methyl/N-ethyl adjacent to an activating group) is 1. The molecular formula is C26H27N3O4S. The van der Waals surface area contributed by atoms with E-state index in [9.17, 15) is 9.59 Å². The minimum Gasteiger partial charge on any atom is -0.493 e. The van der Waals surface area contributed by atoms with Crippen molar-refractivity contribution in [3.05, 3.63) is 83.2 Å². The SMILES string of the molecule is COc1cc2c(cc1OC)[C@H](C(=O)NCc1cccnc1)[C@H](c1ccc(SC)cc1)N(C)C2=O. The molecule has 0 fully saturated rings. The molecule has 0 saturated carbocycles. The number of methoxy groups -OCH3 is 2. The molecule has 7 nitrogen and oxygen atoms in total. The second-order valence-corrected chi connectivity index (χ2v) is 8.86. The van der Waals surface area contributed by atoms with Crippen LogP contribution in [0.1, 0.15) is 39.0 Å². The van der Waals surface area contributed by atoms with Crippen LogP contribution in [0.15, 0.2) is 65.8 Å². The van der Waals surface area contributed by atoms with Crippen LogP contribution in [-0.2, 0) is 11.3 Å². The summed E-state index contributed by atoms with van der Waals surface area (Å²) in [6.07, 6.45) is 5.42. The molecule has 1 aliphatic rings. The maximum Gasteiger partial charge on any atom is 0.254 e. The van der Waals surface area contributed by atoms with Gasteiger partial charge in [-0.25, -0.2) is 0 Å². The van der Waals surface area contributed by atoms with Crippen LogP contribution in [0, 0.1) is 0 Å². The lowest BCUT2D eigenvalue weighted by atomic mass is 9.79. The van der Waals surface area contributed by atoms with Gasteiger partial charge >= 0.3 is 0 Å². The zero-order valence-electron chi connectivity index (χ0n) is 19.6. The molecule has 1 aliphatic heterocycles. The fourth-order valence-electron chi connectivity index (χ4n) is 4.35. The molecule has 2 heterocycles. The van der Waals surface area contributed by atoms with Crippen molar-refractivity contribution >= 4 is 23.6 Å². The number of pyridine rings is 1. The van der Waals surface area contributed by atoms with Crippen molar-refractivity contribution in [3.8, 4) is 11.5 Å². The fourth-order valence-corrected chi connectivity index (χ4v) is 4.76.